The number of nitrogens with two attached hydrogens (primary N) is 1. The number of rotatable bonds is 6. The summed E-state index contributed by atoms with van der Waals surface area (Å²) < 4.78 is 5.03. The number of aromatic nitrogens is 2. The van der Waals surface area contributed by atoms with Crippen molar-refractivity contribution in [2.75, 3.05) is 6.54 Å². The van der Waals surface area contributed by atoms with Crippen LogP contribution >= 0.6 is 12.4 Å². The van der Waals surface area contributed by atoms with Crippen molar-refractivity contribution in [2.45, 2.75) is 64.3 Å². The molecular formula is C13H25ClN4O2. The molecule has 1 aromatic rings. The molecule has 7 heteroatoms. The Kier molecular flexibility index (Phi) is 7.43. The van der Waals surface area contributed by atoms with Gasteiger partial charge < -0.3 is 15.4 Å². The molecule has 1 aromatic heterocycles. The van der Waals surface area contributed by atoms with Crippen LogP contribution in [-0.4, -0.2) is 38.8 Å². The lowest BCUT2D eigenvalue weighted by molar-refractivity contribution is 0.0744. The summed E-state index contributed by atoms with van der Waals surface area (Å²) in [6, 6.07) is 0.517. The van der Waals surface area contributed by atoms with Crippen LogP contribution in [0.15, 0.2) is 4.52 Å². The third-order valence-electron chi connectivity index (χ3n) is 3.62. The Hall–Kier alpha value is -0.690. The highest BCUT2D eigenvalue weighted by Gasteiger charge is 2.23. The Bertz CT molecular complexity index is 380. The smallest absolute Gasteiger partial charge is 0.240 e. The van der Waals surface area contributed by atoms with Crippen molar-refractivity contribution in [3.8, 4) is 0 Å². The van der Waals surface area contributed by atoms with Crippen LogP contribution in [0.3, 0.4) is 0 Å². The molecule has 1 atom stereocenters. The van der Waals surface area contributed by atoms with E-state index >= 15 is 0 Å². The number of aliphatic hydroxyl groups is 1. The van der Waals surface area contributed by atoms with Gasteiger partial charge in [-0.1, -0.05) is 24.4 Å². The van der Waals surface area contributed by atoms with Gasteiger partial charge in [-0.2, -0.15) is 4.98 Å². The molecule has 0 aliphatic heterocycles. The van der Waals surface area contributed by atoms with Crippen molar-refractivity contribution in [1.82, 2.24) is 15.0 Å². The zero-order valence-corrected chi connectivity index (χ0v) is 12.8. The van der Waals surface area contributed by atoms with Gasteiger partial charge in [0.05, 0.1) is 19.2 Å². The molecule has 116 valence electrons. The molecule has 0 aromatic carbocycles. The second-order valence-electron chi connectivity index (χ2n) is 5.38. The highest BCUT2D eigenvalue weighted by molar-refractivity contribution is 5.85. The number of hydrogen-bond acceptors (Lipinski definition) is 6. The van der Waals surface area contributed by atoms with E-state index in [1.807, 2.05) is 6.92 Å². The molecule has 0 spiro atoms. The van der Waals surface area contributed by atoms with Crippen molar-refractivity contribution in [3.05, 3.63) is 11.7 Å². The first-order valence-corrected chi connectivity index (χ1v) is 7.12. The van der Waals surface area contributed by atoms with E-state index in [1.54, 1.807) is 0 Å². The van der Waals surface area contributed by atoms with E-state index in [0.717, 1.165) is 0 Å². The molecule has 2 rings (SSSR count). The van der Waals surface area contributed by atoms with Crippen LogP contribution in [-0.2, 0) is 13.1 Å². The molecule has 20 heavy (non-hydrogen) atoms. The maximum atomic E-state index is 9.66. The van der Waals surface area contributed by atoms with Crippen molar-refractivity contribution in [2.24, 2.45) is 5.73 Å². The first-order chi connectivity index (χ1) is 9.19. The third-order valence-corrected chi connectivity index (χ3v) is 3.62. The van der Waals surface area contributed by atoms with E-state index in [2.05, 4.69) is 15.0 Å². The van der Waals surface area contributed by atoms with Crippen LogP contribution < -0.4 is 5.73 Å². The summed E-state index contributed by atoms with van der Waals surface area (Å²) in [5.74, 6) is 1.13. The van der Waals surface area contributed by atoms with Gasteiger partial charge in [0.2, 0.25) is 5.89 Å². The quantitative estimate of drug-likeness (QED) is 0.827. The van der Waals surface area contributed by atoms with Gasteiger partial charge in [0.25, 0.3) is 0 Å². The molecule has 1 saturated carbocycles. The molecule has 0 radical (unpaired) electrons. The summed E-state index contributed by atoms with van der Waals surface area (Å²) in [6.45, 7) is 3.36. The molecule has 0 bridgehead atoms. The summed E-state index contributed by atoms with van der Waals surface area (Å²) in [5.41, 5.74) is 5.47. The van der Waals surface area contributed by atoms with E-state index < -0.39 is 0 Å². The number of halogens is 1. The average molecular weight is 305 g/mol. The lowest BCUT2D eigenvalue weighted by atomic mass is 9.94. The molecular weight excluding hydrogens is 280 g/mol. The Morgan fingerprint density at radius 1 is 1.40 bits per heavy atom. The summed E-state index contributed by atoms with van der Waals surface area (Å²) in [5, 5.41) is 13.6. The third kappa shape index (κ3) is 5.01. The fourth-order valence-corrected chi connectivity index (χ4v) is 2.75. The zero-order valence-electron chi connectivity index (χ0n) is 12.0. The molecule has 1 aliphatic carbocycles. The van der Waals surface area contributed by atoms with Gasteiger partial charge in [-0.25, -0.2) is 0 Å². The lowest BCUT2D eigenvalue weighted by Crippen LogP contribution is -2.40. The average Bonchev–Trinajstić information content (AvgIpc) is 2.86. The van der Waals surface area contributed by atoms with Crippen molar-refractivity contribution in [1.29, 1.82) is 0 Å². The number of aliphatic hydroxyl groups excluding tert-OH is 1. The topological polar surface area (TPSA) is 88.4 Å². The molecule has 1 fully saturated rings. The predicted molar refractivity (Wildman–Crippen MR) is 78.4 cm³/mol. The highest BCUT2D eigenvalue weighted by atomic mass is 35.5. The van der Waals surface area contributed by atoms with Crippen LogP contribution in [0.4, 0.5) is 0 Å². The van der Waals surface area contributed by atoms with Crippen LogP contribution in [0.1, 0.15) is 50.7 Å². The molecule has 3 N–H and O–H groups in total. The maximum Gasteiger partial charge on any atom is 0.240 e. The van der Waals surface area contributed by atoms with Crippen molar-refractivity contribution >= 4 is 12.4 Å². The first kappa shape index (κ1) is 17.4. The van der Waals surface area contributed by atoms with Gasteiger partial charge >= 0.3 is 0 Å². The van der Waals surface area contributed by atoms with E-state index in [9.17, 15) is 5.11 Å². The van der Waals surface area contributed by atoms with Crippen LogP contribution in [0.2, 0.25) is 0 Å². The summed E-state index contributed by atoms with van der Waals surface area (Å²) in [6.07, 6.45) is 5.88. The molecule has 1 aliphatic rings. The van der Waals surface area contributed by atoms with E-state index in [1.165, 1.54) is 32.1 Å². The summed E-state index contributed by atoms with van der Waals surface area (Å²) in [4.78, 5) is 6.52. The zero-order chi connectivity index (χ0) is 13.7. The SMILES string of the molecule is CC(O)CN(Cc1noc(CN)n1)C1CCCCC1.Cl. The Morgan fingerprint density at radius 3 is 2.65 bits per heavy atom. The van der Waals surface area contributed by atoms with E-state index in [4.69, 9.17) is 10.3 Å². The number of nitrogens with zero attached hydrogens (tertiary/aromatic N) is 3. The second-order valence-corrected chi connectivity index (χ2v) is 5.38. The fourth-order valence-electron chi connectivity index (χ4n) is 2.75. The van der Waals surface area contributed by atoms with Crippen molar-refractivity contribution in [3.63, 3.8) is 0 Å². The summed E-state index contributed by atoms with van der Waals surface area (Å²) >= 11 is 0. The van der Waals surface area contributed by atoms with Gasteiger partial charge in [0.15, 0.2) is 5.82 Å². The van der Waals surface area contributed by atoms with Crippen LogP contribution in [0.5, 0.6) is 0 Å². The monoisotopic (exact) mass is 304 g/mol. The van der Waals surface area contributed by atoms with E-state index in [-0.39, 0.29) is 25.1 Å². The molecule has 0 amide bonds. The second kappa shape index (κ2) is 8.56. The van der Waals surface area contributed by atoms with E-state index in [0.29, 0.717) is 30.8 Å². The first-order valence-electron chi connectivity index (χ1n) is 7.12. The fraction of sp³-hybridized carbons (Fsp3) is 0.846. The number of hydrogen-bond donors (Lipinski definition) is 2. The van der Waals surface area contributed by atoms with Crippen LogP contribution in [0, 0.1) is 0 Å². The minimum absolute atomic E-state index is 0. The lowest BCUT2D eigenvalue weighted by Gasteiger charge is -2.34. The highest BCUT2D eigenvalue weighted by Crippen LogP contribution is 2.23. The van der Waals surface area contributed by atoms with Crippen molar-refractivity contribution < 1.29 is 9.63 Å². The minimum atomic E-state index is -0.345. The van der Waals surface area contributed by atoms with Gasteiger partial charge in [0.1, 0.15) is 0 Å². The van der Waals surface area contributed by atoms with Gasteiger partial charge in [-0.05, 0) is 19.8 Å². The maximum absolute atomic E-state index is 9.66. The van der Waals surface area contributed by atoms with Gasteiger partial charge in [-0.3, -0.25) is 4.90 Å². The predicted octanol–water partition coefficient (Wildman–Crippen LogP) is 1.47. The Balaban J connectivity index is 0.00000200. The van der Waals surface area contributed by atoms with Gasteiger partial charge in [-0.15, -0.1) is 12.4 Å². The molecule has 6 nitrogen and oxygen atoms in total. The Morgan fingerprint density at radius 2 is 2.10 bits per heavy atom. The Labute approximate surface area is 126 Å². The summed E-state index contributed by atoms with van der Waals surface area (Å²) in [7, 11) is 0. The molecule has 0 saturated heterocycles. The van der Waals surface area contributed by atoms with Gasteiger partial charge in [0, 0.05) is 12.6 Å². The standard InChI is InChI=1S/C13H24N4O2.ClH/c1-10(18)8-17(11-5-3-2-4-6-11)9-12-15-13(7-14)19-16-12;/h10-11,18H,2-9,14H2,1H3;1H. The van der Waals surface area contributed by atoms with Crippen LogP contribution in [0.25, 0.3) is 0 Å². The largest absolute Gasteiger partial charge is 0.392 e. The molecule has 1 heterocycles. The minimum Gasteiger partial charge on any atom is -0.392 e. The molecule has 1 unspecified atom stereocenters. The normalized spacial score (nSPS) is 18.0.